The molecule has 42 heavy (non-hydrogen) atoms. The van der Waals surface area contributed by atoms with E-state index in [0.717, 1.165) is 54.7 Å². The molecule has 0 aliphatic rings. The van der Waals surface area contributed by atoms with Crippen LogP contribution < -0.4 is 9.75 Å². The van der Waals surface area contributed by atoms with Crippen LogP contribution in [0.5, 0.6) is 0 Å². The average molecular weight is 570 g/mol. The SMILES string of the molecule is C=Cc1c(/C=C\C)c(C=C)n(C(/C=C(\C)c2ccccc2C(/C=C\C)=c2\sc(/C=C\C)c(C=C)c2=C)=C/C)c1/C=C\C. The van der Waals surface area contributed by atoms with Crippen LogP contribution in [0, 0.1) is 0 Å². The second-order valence-electron chi connectivity index (χ2n) is 9.73. The first-order valence-corrected chi connectivity index (χ1v) is 15.2. The number of hydrogen-bond acceptors (Lipinski definition) is 1. The van der Waals surface area contributed by atoms with Crippen LogP contribution in [-0.4, -0.2) is 4.57 Å². The van der Waals surface area contributed by atoms with Gasteiger partial charge in [-0.25, -0.2) is 0 Å². The zero-order valence-electron chi connectivity index (χ0n) is 26.0. The molecule has 214 valence electrons. The van der Waals surface area contributed by atoms with Crippen molar-refractivity contribution in [2.24, 2.45) is 0 Å². The first-order valence-electron chi connectivity index (χ1n) is 14.3. The molecule has 2 heteroatoms. The third-order valence-corrected chi connectivity index (χ3v) is 8.36. The molecule has 0 unspecified atom stereocenters. The number of aromatic nitrogens is 1. The summed E-state index contributed by atoms with van der Waals surface area (Å²) in [6.07, 6.45) is 27.1. The van der Waals surface area contributed by atoms with Crippen molar-refractivity contribution in [2.75, 3.05) is 0 Å². The topological polar surface area (TPSA) is 4.93 Å². The Balaban J connectivity index is 2.38. The van der Waals surface area contributed by atoms with E-state index in [1.807, 2.05) is 39.0 Å². The third kappa shape index (κ3) is 6.25. The summed E-state index contributed by atoms with van der Waals surface area (Å²) in [5, 5.41) is 1.01. The van der Waals surface area contributed by atoms with Crippen molar-refractivity contribution in [3.05, 3.63) is 140 Å². The number of thiophene rings is 1. The molecule has 0 spiro atoms. The van der Waals surface area contributed by atoms with Crippen LogP contribution in [0.15, 0.2) is 86.5 Å². The van der Waals surface area contributed by atoms with Gasteiger partial charge in [0.05, 0.1) is 11.4 Å². The van der Waals surface area contributed by atoms with Gasteiger partial charge in [-0.15, -0.1) is 11.3 Å². The highest BCUT2D eigenvalue weighted by Gasteiger charge is 2.19. The summed E-state index contributed by atoms with van der Waals surface area (Å²) in [5.74, 6) is 0. The molecule has 2 heterocycles. The van der Waals surface area contributed by atoms with E-state index in [4.69, 9.17) is 0 Å². The second kappa shape index (κ2) is 15.0. The Morgan fingerprint density at radius 2 is 1.38 bits per heavy atom. The third-order valence-electron chi connectivity index (χ3n) is 7.12. The lowest BCUT2D eigenvalue weighted by molar-refractivity contribution is 1.08. The van der Waals surface area contributed by atoms with Gasteiger partial charge >= 0.3 is 0 Å². The van der Waals surface area contributed by atoms with E-state index >= 15 is 0 Å². The van der Waals surface area contributed by atoms with Crippen LogP contribution in [0.3, 0.4) is 0 Å². The summed E-state index contributed by atoms with van der Waals surface area (Å²) in [4.78, 5) is 1.17. The minimum atomic E-state index is 1.01. The Hall–Kier alpha value is -4.40. The lowest BCUT2D eigenvalue weighted by atomic mass is 9.94. The number of rotatable bonds is 11. The van der Waals surface area contributed by atoms with E-state index in [1.54, 1.807) is 11.3 Å². The Bertz CT molecular complexity index is 1780. The Morgan fingerprint density at radius 1 is 0.738 bits per heavy atom. The van der Waals surface area contributed by atoms with Crippen LogP contribution in [-0.2, 0) is 0 Å². The summed E-state index contributed by atoms with van der Waals surface area (Å²) in [6.45, 7) is 29.3. The van der Waals surface area contributed by atoms with E-state index in [0.29, 0.717) is 0 Å². The minimum absolute atomic E-state index is 1.01. The lowest BCUT2D eigenvalue weighted by Crippen LogP contribution is -2.22. The first kappa shape index (κ1) is 32.1. The molecule has 2 aromatic heterocycles. The zero-order chi connectivity index (χ0) is 30.8. The number of hydrogen-bond donors (Lipinski definition) is 0. The van der Waals surface area contributed by atoms with Crippen molar-refractivity contribution in [3.63, 3.8) is 0 Å². The molecule has 0 radical (unpaired) electrons. The van der Waals surface area contributed by atoms with Gasteiger partial charge in [0.1, 0.15) is 0 Å². The van der Waals surface area contributed by atoms with Crippen molar-refractivity contribution in [3.8, 4) is 0 Å². The molecule has 0 saturated heterocycles. The molecule has 0 aliphatic carbocycles. The molecule has 0 atom stereocenters. The monoisotopic (exact) mass is 569 g/mol. The highest BCUT2D eigenvalue weighted by molar-refractivity contribution is 7.11. The van der Waals surface area contributed by atoms with Gasteiger partial charge in [-0.05, 0) is 98.9 Å². The van der Waals surface area contributed by atoms with Crippen molar-refractivity contribution in [1.82, 2.24) is 4.57 Å². The first-order chi connectivity index (χ1) is 20.4. The van der Waals surface area contributed by atoms with Crippen LogP contribution in [0.2, 0.25) is 0 Å². The maximum Gasteiger partial charge on any atom is 0.0537 e. The van der Waals surface area contributed by atoms with Crippen LogP contribution in [0.25, 0.3) is 59.9 Å². The Labute approximate surface area is 257 Å². The number of nitrogens with zero attached hydrogens (tertiary/aromatic N) is 1. The fourth-order valence-electron chi connectivity index (χ4n) is 5.31. The van der Waals surface area contributed by atoms with Crippen LogP contribution >= 0.6 is 11.3 Å². The lowest BCUT2D eigenvalue weighted by Gasteiger charge is -2.15. The van der Waals surface area contributed by atoms with Gasteiger partial charge in [0, 0.05) is 26.2 Å². The normalized spacial score (nSPS) is 13.7. The predicted octanol–water partition coefficient (Wildman–Crippen LogP) is 10.7. The molecule has 0 N–H and O–H groups in total. The Kier molecular flexibility index (Phi) is 11.5. The Morgan fingerprint density at radius 3 is 1.93 bits per heavy atom. The zero-order valence-corrected chi connectivity index (χ0v) is 26.8. The molecular weight excluding hydrogens is 527 g/mol. The van der Waals surface area contributed by atoms with Crippen LogP contribution in [0.4, 0.5) is 0 Å². The summed E-state index contributed by atoms with van der Waals surface area (Å²) in [6, 6.07) is 8.62. The standard InChI is InChI=1S/C40H43NS/c1-11-21-35-32(17-7)38(23-13-3)41(37(35)18-8)30(15-5)27-28(9)33-25-19-20-26-34(33)36(22-12-2)40-29(10)31(16-6)39(42-40)24-14-4/h11-27H,6-8,10H2,1-5,9H3/b21-11-,22-12-,23-13-,24-14-,28-27+,30-15+,40-36-. The molecule has 0 fully saturated rings. The second-order valence-corrected chi connectivity index (χ2v) is 10.8. The fourth-order valence-corrected chi connectivity index (χ4v) is 6.57. The van der Waals surface area contributed by atoms with Gasteiger partial charge in [0.2, 0.25) is 0 Å². The van der Waals surface area contributed by atoms with Crippen molar-refractivity contribution in [2.45, 2.75) is 41.5 Å². The van der Waals surface area contributed by atoms with E-state index in [-0.39, 0.29) is 0 Å². The molecule has 0 saturated carbocycles. The van der Waals surface area contributed by atoms with Gasteiger partial charge in [0.25, 0.3) is 0 Å². The summed E-state index contributed by atoms with van der Waals surface area (Å²) < 4.78 is 3.43. The molecule has 3 aromatic rings. The van der Waals surface area contributed by atoms with Crippen molar-refractivity contribution < 1.29 is 0 Å². The molecule has 0 bridgehead atoms. The van der Waals surface area contributed by atoms with E-state index in [1.165, 1.54) is 16.0 Å². The quantitative estimate of drug-likeness (QED) is 0.202. The largest absolute Gasteiger partial charge is 0.310 e. The molecule has 1 nitrogen and oxygen atoms in total. The van der Waals surface area contributed by atoms with Gasteiger partial charge in [-0.2, -0.15) is 0 Å². The van der Waals surface area contributed by atoms with Crippen LogP contribution in [0.1, 0.15) is 85.6 Å². The summed E-state index contributed by atoms with van der Waals surface area (Å²) >= 11 is 1.76. The maximum atomic E-state index is 4.47. The predicted molar refractivity (Wildman–Crippen MR) is 195 cm³/mol. The number of benzene rings is 1. The maximum absolute atomic E-state index is 4.47. The summed E-state index contributed by atoms with van der Waals surface area (Å²) in [5.41, 5.74) is 11.1. The van der Waals surface area contributed by atoms with E-state index < -0.39 is 0 Å². The molecule has 0 aliphatic heterocycles. The molecule has 3 rings (SSSR count). The smallest absolute Gasteiger partial charge is 0.0537 e. The molecule has 1 aromatic carbocycles. The minimum Gasteiger partial charge on any atom is -0.310 e. The van der Waals surface area contributed by atoms with Gasteiger partial charge in [-0.3, -0.25) is 0 Å². The number of allylic oxidation sites excluding steroid dienone is 9. The van der Waals surface area contributed by atoms with Gasteiger partial charge in [0.15, 0.2) is 0 Å². The van der Waals surface area contributed by atoms with Crippen molar-refractivity contribution >= 4 is 71.2 Å². The van der Waals surface area contributed by atoms with Crippen molar-refractivity contribution in [1.29, 1.82) is 0 Å². The van der Waals surface area contributed by atoms with E-state index in [2.05, 4.69) is 137 Å². The fraction of sp³-hybridized carbons (Fsp3) is 0.150. The highest BCUT2D eigenvalue weighted by Crippen LogP contribution is 2.34. The summed E-state index contributed by atoms with van der Waals surface area (Å²) in [7, 11) is 0. The average Bonchev–Trinajstić information content (AvgIpc) is 3.47. The van der Waals surface area contributed by atoms with Gasteiger partial charge in [-0.1, -0.05) is 105 Å². The highest BCUT2D eigenvalue weighted by atomic mass is 32.1. The molecular formula is C40H43NS. The molecule has 0 amide bonds. The van der Waals surface area contributed by atoms with Gasteiger partial charge < -0.3 is 4.57 Å². The van der Waals surface area contributed by atoms with E-state index in [9.17, 15) is 0 Å².